The van der Waals surface area contributed by atoms with Crippen molar-refractivity contribution in [3.63, 3.8) is 0 Å². The Labute approximate surface area is 423 Å². The highest BCUT2D eigenvalue weighted by Gasteiger charge is 2.18. The van der Waals surface area contributed by atoms with Gasteiger partial charge in [0, 0.05) is 6.42 Å². The summed E-state index contributed by atoms with van der Waals surface area (Å²) < 4.78 is 0. The molecule has 1 amide bonds. The number of aliphatic hydroxyl groups excluding tert-OH is 2. The minimum atomic E-state index is -0.883. The van der Waals surface area contributed by atoms with Crippen LogP contribution in [0, 0.1) is 0 Å². The summed E-state index contributed by atoms with van der Waals surface area (Å²) in [5, 5.41) is 23.2. The lowest BCUT2D eigenvalue weighted by molar-refractivity contribution is -0.123. The summed E-state index contributed by atoms with van der Waals surface area (Å²) in [5.74, 6) is -0.0894. The van der Waals surface area contributed by atoms with E-state index in [2.05, 4.69) is 116 Å². The lowest BCUT2D eigenvalue weighted by Crippen LogP contribution is -2.45. The van der Waals surface area contributed by atoms with Crippen molar-refractivity contribution in [2.45, 2.75) is 283 Å². The van der Waals surface area contributed by atoms with Gasteiger partial charge in [-0.15, -0.1) is 0 Å². The highest BCUT2D eigenvalue weighted by Crippen LogP contribution is 2.16. The minimum Gasteiger partial charge on any atom is -0.394 e. The third-order valence-electron chi connectivity index (χ3n) is 12.7. The molecule has 390 valence electrons. The molecule has 0 spiro atoms. The molecule has 0 saturated carbocycles. The number of allylic oxidation sites excluding steroid dienone is 17. The standard InChI is InChI=1S/C64H111NO3/c1-3-5-7-9-11-13-15-17-19-21-23-25-27-29-31-32-34-35-37-39-41-43-45-47-49-51-53-55-57-59-63(67)62(61-66)65-64(68)60-58-56-54-52-50-48-46-44-42-40-38-36-33-30-28-26-24-22-20-18-16-14-12-10-8-6-4-2/h6,8,12,14,18,20,24,26,30,33,38,40-41,43,49,51,57,59,62-63,66-67H,3-5,7,9-11,13,15-17,19,21-23,25,27-29,31-32,34-37,39,42,44-48,50,52-56,58,60-61H2,1-2H3,(H,65,68)/b8-6-,14-12-,20-18-,26-24-,33-30-,40-38-,43-41+,51-49+,59-57+. The first kappa shape index (κ1) is 65.0. The molecule has 0 heterocycles. The zero-order valence-electron chi connectivity index (χ0n) is 44.8. The Hall–Kier alpha value is -2.95. The molecule has 0 aromatic heterocycles. The van der Waals surface area contributed by atoms with E-state index in [1.165, 1.54) is 161 Å². The SMILES string of the molecule is CC/C=C\C/C=C\C/C=C\C/C=C\C/C=C\C/C=C\CCCCCCCCCCC(=O)NC(CO)C(O)/C=C/CC/C=C/CC/C=C/CCCCCCCCCCCCCCCCCCCCC. The summed E-state index contributed by atoms with van der Waals surface area (Å²) in [6.45, 7) is 4.19. The third-order valence-corrected chi connectivity index (χ3v) is 12.7. The van der Waals surface area contributed by atoms with Gasteiger partial charge in [-0.2, -0.15) is 0 Å². The molecular weight excluding hydrogens is 831 g/mol. The summed E-state index contributed by atoms with van der Waals surface area (Å²) in [7, 11) is 0. The number of unbranched alkanes of at least 4 members (excludes halogenated alkanes) is 29. The molecule has 0 fully saturated rings. The number of nitrogens with one attached hydrogen (secondary N) is 1. The first-order chi connectivity index (χ1) is 33.7. The maximum absolute atomic E-state index is 12.5. The molecular formula is C64H111NO3. The van der Waals surface area contributed by atoms with Gasteiger partial charge in [0.15, 0.2) is 0 Å². The molecule has 2 atom stereocenters. The van der Waals surface area contributed by atoms with E-state index in [4.69, 9.17) is 0 Å². The first-order valence-electron chi connectivity index (χ1n) is 29.1. The summed E-state index contributed by atoms with van der Waals surface area (Å²) in [6, 6.07) is -0.659. The van der Waals surface area contributed by atoms with E-state index in [0.717, 1.165) is 89.9 Å². The zero-order valence-corrected chi connectivity index (χ0v) is 44.8. The molecule has 68 heavy (non-hydrogen) atoms. The van der Waals surface area contributed by atoms with E-state index in [9.17, 15) is 15.0 Å². The molecule has 0 aromatic rings. The van der Waals surface area contributed by atoms with E-state index in [1.54, 1.807) is 6.08 Å². The van der Waals surface area contributed by atoms with Gasteiger partial charge in [-0.25, -0.2) is 0 Å². The van der Waals surface area contributed by atoms with Crippen molar-refractivity contribution >= 4 is 5.91 Å². The fourth-order valence-electron chi connectivity index (χ4n) is 8.33. The molecule has 0 bridgehead atoms. The fraction of sp³-hybridized carbons (Fsp3) is 0.703. The van der Waals surface area contributed by atoms with E-state index in [-0.39, 0.29) is 12.5 Å². The van der Waals surface area contributed by atoms with Crippen LogP contribution in [0.1, 0.15) is 271 Å². The van der Waals surface area contributed by atoms with Gasteiger partial charge >= 0.3 is 0 Å². The molecule has 0 aliphatic heterocycles. The molecule has 3 N–H and O–H groups in total. The zero-order chi connectivity index (χ0) is 49.2. The monoisotopic (exact) mass is 942 g/mol. The summed E-state index contributed by atoms with van der Waals surface area (Å²) in [4.78, 5) is 12.5. The lowest BCUT2D eigenvalue weighted by atomic mass is 10.0. The topological polar surface area (TPSA) is 69.6 Å². The molecule has 2 unspecified atom stereocenters. The molecule has 4 heteroatoms. The van der Waals surface area contributed by atoms with Crippen molar-refractivity contribution in [3.8, 4) is 0 Å². The van der Waals surface area contributed by atoms with Crippen molar-refractivity contribution < 1.29 is 15.0 Å². The predicted molar refractivity (Wildman–Crippen MR) is 303 cm³/mol. The maximum atomic E-state index is 12.5. The summed E-state index contributed by atoms with van der Waals surface area (Å²) in [6.07, 6.45) is 88.3. The number of hydrogen-bond acceptors (Lipinski definition) is 3. The van der Waals surface area contributed by atoms with Gasteiger partial charge in [0.05, 0.1) is 18.8 Å². The summed E-state index contributed by atoms with van der Waals surface area (Å²) in [5.41, 5.74) is 0. The first-order valence-corrected chi connectivity index (χ1v) is 29.1. The number of rotatable bonds is 52. The van der Waals surface area contributed by atoms with Crippen LogP contribution < -0.4 is 5.32 Å². The van der Waals surface area contributed by atoms with Crippen molar-refractivity contribution in [1.82, 2.24) is 5.32 Å². The van der Waals surface area contributed by atoms with Crippen LogP contribution in [0.2, 0.25) is 0 Å². The second kappa shape index (κ2) is 58.4. The van der Waals surface area contributed by atoms with E-state index < -0.39 is 12.1 Å². The smallest absolute Gasteiger partial charge is 0.220 e. The third kappa shape index (κ3) is 54.0. The molecule has 4 nitrogen and oxygen atoms in total. The van der Waals surface area contributed by atoms with Gasteiger partial charge in [0.2, 0.25) is 5.91 Å². The second-order valence-corrected chi connectivity index (χ2v) is 19.3. The Morgan fingerprint density at radius 2 is 0.662 bits per heavy atom. The van der Waals surface area contributed by atoms with E-state index in [0.29, 0.717) is 6.42 Å². The highest BCUT2D eigenvalue weighted by atomic mass is 16.3. The maximum Gasteiger partial charge on any atom is 0.220 e. The molecule has 0 aromatic carbocycles. The van der Waals surface area contributed by atoms with Crippen LogP contribution >= 0.6 is 0 Å². The van der Waals surface area contributed by atoms with E-state index in [1.807, 2.05) is 6.08 Å². The quantitative estimate of drug-likeness (QED) is 0.0420. The number of aliphatic hydroxyl groups is 2. The molecule has 0 aliphatic rings. The average Bonchev–Trinajstić information content (AvgIpc) is 3.34. The molecule has 0 rings (SSSR count). The Kier molecular flexibility index (Phi) is 55.8. The van der Waals surface area contributed by atoms with Crippen LogP contribution in [0.5, 0.6) is 0 Å². The second-order valence-electron chi connectivity index (χ2n) is 19.3. The van der Waals surface area contributed by atoms with Crippen molar-refractivity contribution in [1.29, 1.82) is 0 Å². The average molecular weight is 943 g/mol. The van der Waals surface area contributed by atoms with Crippen LogP contribution in [-0.4, -0.2) is 34.9 Å². The molecule has 0 saturated heterocycles. The lowest BCUT2D eigenvalue weighted by Gasteiger charge is -2.19. The normalized spacial score (nSPS) is 13.6. The van der Waals surface area contributed by atoms with Gasteiger partial charge < -0.3 is 15.5 Å². The minimum absolute atomic E-state index is 0.0894. The van der Waals surface area contributed by atoms with Crippen LogP contribution in [0.25, 0.3) is 0 Å². The van der Waals surface area contributed by atoms with Crippen molar-refractivity contribution in [2.24, 2.45) is 0 Å². The highest BCUT2D eigenvalue weighted by molar-refractivity contribution is 5.76. The number of amides is 1. The Morgan fingerprint density at radius 3 is 1.03 bits per heavy atom. The van der Waals surface area contributed by atoms with Crippen LogP contribution in [0.4, 0.5) is 0 Å². The molecule has 0 aliphatic carbocycles. The number of hydrogen-bond donors (Lipinski definition) is 3. The van der Waals surface area contributed by atoms with Crippen LogP contribution in [-0.2, 0) is 4.79 Å². The van der Waals surface area contributed by atoms with Gasteiger partial charge in [0.1, 0.15) is 0 Å². The Balaban J connectivity index is 3.62. The predicted octanol–water partition coefficient (Wildman–Crippen LogP) is 19.5. The Morgan fingerprint density at radius 1 is 0.368 bits per heavy atom. The van der Waals surface area contributed by atoms with Gasteiger partial charge in [0.25, 0.3) is 0 Å². The fourth-order valence-corrected chi connectivity index (χ4v) is 8.33. The number of carbonyl (C=O) groups is 1. The van der Waals surface area contributed by atoms with E-state index >= 15 is 0 Å². The van der Waals surface area contributed by atoms with Gasteiger partial charge in [-0.1, -0.05) is 277 Å². The van der Waals surface area contributed by atoms with Crippen LogP contribution in [0.3, 0.4) is 0 Å². The summed E-state index contributed by atoms with van der Waals surface area (Å²) >= 11 is 0. The Bertz CT molecular complexity index is 1300. The molecule has 0 radical (unpaired) electrons. The largest absolute Gasteiger partial charge is 0.394 e. The van der Waals surface area contributed by atoms with Crippen molar-refractivity contribution in [3.05, 3.63) is 109 Å². The van der Waals surface area contributed by atoms with Crippen molar-refractivity contribution in [2.75, 3.05) is 6.61 Å². The van der Waals surface area contributed by atoms with Gasteiger partial charge in [-0.05, 0) is 96.3 Å². The van der Waals surface area contributed by atoms with Crippen LogP contribution in [0.15, 0.2) is 109 Å². The van der Waals surface area contributed by atoms with Gasteiger partial charge in [-0.3, -0.25) is 4.79 Å². The number of carbonyl (C=O) groups excluding carboxylic acids is 1.